The SMILES string of the molecule is CCCN1/C(=N/C23CC4CC(CC(C4)C2)C3)SCC1CC(=O)Nc1ccc(C)cc1.Cl. The molecule has 0 aromatic heterocycles. The van der Waals surface area contributed by atoms with Crippen molar-refractivity contribution in [2.24, 2.45) is 22.7 Å². The van der Waals surface area contributed by atoms with Crippen molar-refractivity contribution in [1.29, 1.82) is 0 Å². The Morgan fingerprint density at radius 3 is 2.32 bits per heavy atom. The number of halogens is 1. The van der Waals surface area contributed by atoms with Crippen LogP contribution < -0.4 is 5.32 Å². The molecule has 31 heavy (non-hydrogen) atoms. The fraction of sp³-hybridized carbons (Fsp3) is 0.680. The molecule has 4 aliphatic carbocycles. The summed E-state index contributed by atoms with van der Waals surface area (Å²) in [5.41, 5.74) is 2.31. The number of carbonyl (C=O) groups excluding carboxylic acids is 1. The quantitative estimate of drug-likeness (QED) is 0.573. The Morgan fingerprint density at radius 1 is 1.13 bits per heavy atom. The summed E-state index contributed by atoms with van der Waals surface area (Å²) in [6.45, 7) is 5.30. The first-order valence-corrected chi connectivity index (χ1v) is 12.9. The predicted molar refractivity (Wildman–Crippen MR) is 133 cm³/mol. The van der Waals surface area contributed by atoms with Gasteiger partial charge in [-0.15, -0.1) is 12.4 Å². The molecule has 1 atom stereocenters. The number of benzene rings is 1. The highest BCUT2D eigenvalue weighted by Crippen LogP contribution is 2.57. The number of aliphatic imine (C=N–C) groups is 1. The molecule has 4 bridgehead atoms. The maximum Gasteiger partial charge on any atom is 0.226 e. The van der Waals surface area contributed by atoms with E-state index in [1.54, 1.807) is 0 Å². The highest BCUT2D eigenvalue weighted by molar-refractivity contribution is 8.14. The van der Waals surface area contributed by atoms with Crippen molar-refractivity contribution in [2.45, 2.75) is 76.8 Å². The minimum absolute atomic E-state index is 0. The number of nitrogens with one attached hydrogen (secondary N) is 1. The Balaban J connectivity index is 0.00000231. The number of carbonyl (C=O) groups is 1. The normalized spacial score (nSPS) is 34.8. The smallest absolute Gasteiger partial charge is 0.226 e. The second-order valence-electron chi connectivity index (χ2n) is 10.3. The molecule has 1 amide bonds. The van der Waals surface area contributed by atoms with Gasteiger partial charge in [0.1, 0.15) is 0 Å². The molecule has 1 aromatic carbocycles. The van der Waals surface area contributed by atoms with Crippen LogP contribution in [-0.4, -0.2) is 39.9 Å². The summed E-state index contributed by atoms with van der Waals surface area (Å²) in [6, 6.07) is 8.32. The molecule has 1 unspecified atom stereocenters. The first-order valence-electron chi connectivity index (χ1n) is 11.9. The first kappa shape index (κ1) is 23.0. The predicted octanol–water partition coefficient (Wildman–Crippen LogP) is 5.90. The minimum Gasteiger partial charge on any atom is -0.347 e. The summed E-state index contributed by atoms with van der Waals surface area (Å²) in [4.78, 5) is 20.7. The van der Waals surface area contributed by atoms with Crippen LogP contribution in [0.1, 0.15) is 63.9 Å². The van der Waals surface area contributed by atoms with Gasteiger partial charge >= 0.3 is 0 Å². The van der Waals surface area contributed by atoms with Gasteiger partial charge < -0.3 is 10.2 Å². The molecular formula is C25H36ClN3OS. The number of rotatable bonds is 6. The molecule has 4 nitrogen and oxygen atoms in total. The molecule has 5 aliphatic rings. The van der Waals surface area contributed by atoms with Crippen LogP contribution in [0, 0.1) is 24.7 Å². The average molecular weight is 462 g/mol. The van der Waals surface area contributed by atoms with Gasteiger partial charge in [-0.25, -0.2) is 0 Å². The monoisotopic (exact) mass is 461 g/mol. The van der Waals surface area contributed by atoms with Gasteiger partial charge in [0.25, 0.3) is 0 Å². The minimum atomic E-state index is 0. The molecule has 6 heteroatoms. The highest BCUT2D eigenvalue weighted by Gasteiger charge is 2.51. The van der Waals surface area contributed by atoms with Crippen LogP contribution in [0.2, 0.25) is 0 Å². The van der Waals surface area contributed by atoms with E-state index in [1.165, 1.54) is 49.3 Å². The zero-order valence-corrected chi connectivity index (χ0v) is 20.4. The number of amides is 1. The van der Waals surface area contributed by atoms with Crippen LogP contribution in [-0.2, 0) is 4.79 Å². The Hall–Kier alpha value is -1.20. The summed E-state index contributed by atoms with van der Waals surface area (Å²) in [5.74, 6) is 3.85. The van der Waals surface area contributed by atoms with Crippen molar-refractivity contribution in [1.82, 2.24) is 4.90 Å². The zero-order valence-electron chi connectivity index (χ0n) is 18.8. The van der Waals surface area contributed by atoms with E-state index in [4.69, 9.17) is 4.99 Å². The molecule has 1 aliphatic heterocycles. The third kappa shape index (κ3) is 4.93. The fourth-order valence-corrected chi connectivity index (χ4v) is 8.06. The van der Waals surface area contributed by atoms with Crippen LogP contribution in [0.25, 0.3) is 0 Å². The summed E-state index contributed by atoms with van der Waals surface area (Å²) >= 11 is 1.89. The third-order valence-corrected chi connectivity index (χ3v) is 8.79. The molecule has 0 spiro atoms. The zero-order chi connectivity index (χ0) is 20.7. The topological polar surface area (TPSA) is 44.7 Å². The Bertz CT molecular complexity index is 789. The Kier molecular flexibility index (Phi) is 6.93. The molecule has 170 valence electrons. The van der Waals surface area contributed by atoms with Crippen molar-refractivity contribution >= 4 is 40.9 Å². The summed E-state index contributed by atoms with van der Waals surface area (Å²) in [5, 5.41) is 4.31. The van der Waals surface area contributed by atoms with Gasteiger partial charge in [0, 0.05) is 30.4 Å². The molecule has 1 heterocycles. The van der Waals surface area contributed by atoms with Crippen LogP contribution in [0.3, 0.4) is 0 Å². The van der Waals surface area contributed by atoms with Gasteiger partial charge in [-0.3, -0.25) is 9.79 Å². The van der Waals surface area contributed by atoms with E-state index in [-0.39, 0.29) is 29.9 Å². The third-order valence-electron chi connectivity index (χ3n) is 7.65. The van der Waals surface area contributed by atoms with Gasteiger partial charge in [-0.2, -0.15) is 0 Å². The first-order chi connectivity index (χ1) is 14.5. The number of hydrogen-bond donors (Lipinski definition) is 1. The van der Waals surface area contributed by atoms with Crippen molar-refractivity contribution < 1.29 is 4.79 Å². The fourth-order valence-electron chi connectivity index (χ4n) is 6.75. The number of anilines is 1. The maximum absolute atomic E-state index is 12.7. The molecule has 1 N–H and O–H groups in total. The van der Waals surface area contributed by atoms with E-state index in [2.05, 4.69) is 24.1 Å². The lowest BCUT2D eigenvalue weighted by Crippen LogP contribution is -2.50. The lowest BCUT2D eigenvalue weighted by Gasteiger charge is -2.55. The molecule has 6 rings (SSSR count). The molecule has 1 aromatic rings. The molecule has 4 saturated carbocycles. The summed E-state index contributed by atoms with van der Waals surface area (Å²) in [6.07, 6.45) is 9.93. The largest absolute Gasteiger partial charge is 0.347 e. The number of aryl methyl sites for hydroxylation is 1. The van der Waals surface area contributed by atoms with Gasteiger partial charge in [0.15, 0.2) is 5.17 Å². The summed E-state index contributed by atoms with van der Waals surface area (Å²) in [7, 11) is 0. The van der Waals surface area contributed by atoms with Crippen molar-refractivity contribution in [3.05, 3.63) is 29.8 Å². The number of nitrogens with zero attached hydrogens (tertiary/aromatic N) is 2. The van der Waals surface area contributed by atoms with E-state index >= 15 is 0 Å². The molecule has 5 fully saturated rings. The second-order valence-corrected chi connectivity index (χ2v) is 11.3. The van der Waals surface area contributed by atoms with E-state index in [0.29, 0.717) is 6.42 Å². The molecule has 1 saturated heterocycles. The standard InChI is InChI=1S/C25H35N3OS.ClH/c1-3-8-28-22(12-23(29)26-21-6-4-17(2)5-7-21)16-30-24(28)27-25-13-18-9-19(14-25)11-20(10-18)15-25;/h4-7,18-20,22H,3,8-16H2,1-2H3,(H,26,29);1H/b27-24-;. The maximum atomic E-state index is 12.7. The van der Waals surface area contributed by atoms with Gasteiger partial charge in [0.05, 0.1) is 5.54 Å². The van der Waals surface area contributed by atoms with Crippen LogP contribution in [0.4, 0.5) is 5.69 Å². The Morgan fingerprint density at radius 2 is 1.74 bits per heavy atom. The molecule has 0 radical (unpaired) electrons. The number of hydrogen-bond acceptors (Lipinski definition) is 3. The van der Waals surface area contributed by atoms with E-state index in [1.807, 2.05) is 36.0 Å². The van der Waals surface area contributed by atoms with Gasteiger partial charge in [-0.05, 0) is 81.8 Å². The highest BCUT2D eigenvalue weighted by atomic mass is 35.5. The lowest BCUT2D eigenvalue weighted by atomic mass is 9.53. The Labute approximate surface area is 197 Å². The van der Waals surface area contributed by atoms with E-state index < -0.39 is 0 Å². The average Bonchev–Trinajstić information content (AvgIpc) is 3.03. The van der Waals surface area contributed by atoms with Crippen LogP contribution in [0.5, 0.6) is 0 Å². The van der Waals surface area contributed by atoms with E-state index in [0.717, 1.165) is 42.2 Å². The van der Waals surface area contributed by atoms with Crippen LogP contribution >= 0.6 is 24.2 Å². The summed E-state index contributed by atoms with van der Waals surface area (Å²) < 4.78 is 0. The van der Waals surface area contributed by atoms with E-state index in [9.17, 15) is 4.79 Å². The van der Waals surface area contributed by atoms with Gasteiger partial charge in [-0.1, -0.05) is 36.4 Å². The molecular weight excluding hydrogens is 426 g/mol. The van der Waals surface area contributed by atoms with Gasteiger partial charge in [0.2, 0.25) is 5.91 Å². The van der Waals surface area contributed by atoms with Crippen LogP contribution in [0.15, 0.2) is 29.3 Å². The van der Waals surface area contributed by atoms with Crippen molar-refractivity contribution in [2.75, 3.05) is 17.6 Å². The number of thioether (sulfide) groups is 1. The number of amidine groups is 1. The van der Waals surface area contributed by atoms with Crippen molar-refractivity contribution in [3.8, 4) is 0 Å². The lowest BCUT2D eigenvalue weighted by molar-refractivity contribution is -0.116. The second kappa shape index (κ2) is 9.35. The van der Waals surface area contributed by atoms with Crippen molar-refractivity contribution in [3.63, 3.8) is 0 Å².